The quantitative estimate of drug-likeness (QED) is 0.544. The summed E-state index contributed by atoms with van der Waals surface area (Å²) < 4.78 is 1.04. The molecule has 0 bridgehead atoms. The second kappa shape index (κ2) is 11.0. The molecule has 2 aromatic rings. The minimum absolute atomic E-state index is 0.0306. The van der Waals surface area contributed by atoms with Crippen molar-refractivity contribution in [3.8, 4) is 0 Å². The molecule has 30 heavy (non-hydrogen) atoms. The summed E-state index contributed by atoms with van der Waals surface area (Å²) in [5.41, 5.74) is 2.99. The number of nitrogens with zero attached hydrogens (tertiary/aromatic N) is 1. The number of carbonyl (C=O) groups is 2. The van der Waals surface area contributed by atoms with Crippen molar-refractivity contribution >= 4 is 39.5 Å². The highest BCUT2D eigenvalue weighted by Gasteiger charge is 2.28. The molecule has 0 aliphatic carbocycles. The van der Waals surface area contributed by atoms with Crippen molar-refractivity contribution in [3.05, 3.63) is 69.7 Å². The summed E-state index contributed by atoms with van der Waals surface area (Å²) >= 11 is 5.01. The van der Waals surface area contributed by atoms with Gasteiger partial charge in [0.2, 0.25) is 11.8 Å². The topological polar surface area (TPSA) is 49.4 Å². The lowest BCUT2D eigenvalue weighted by Crippen LogP contribution is -2.52. The molecule has 0 aliphatic rings. The molecule has 4 nitrogen and oxygen atoms in total. The molecular weight excluding hydrogens is 460 g/mol. The Morgan fingerprint density at radius 2 is 1.73 bits per heavy atom. The fourth-order valence-electron chi connectivity index (χ4n) is 2.95. The van der Waals surface area contributed by atoms with Crippen LogP contribution in [0.3, 0.4) is 0 Å². The summed E-state index contributed by atoms with van der Waals surface area (Å²) in [6.45, 7) is 10.1. The Kier molecular flexibility index (Phi) is 8.98. The molecule has 0 aliphatic heterocycles. The van der Waals surface area contributed by atoms with Crippen LogP contribution < -0.4 is 5.32 Å². The second-order valence-electron chi connectivity index (χ2n) is 8.48. The second-order valence-corrected chi connectivity index (χ2v) is 10.4. The standard InChI is InChI=1S/C24H31BrN2O2S/c1-17-8-6-7-9-20(17)14-27(18(2)23(29)26-24(3,4)5)22(28)16-30-15-19-10-12-21(25)13-11-19/h6-13,18H,14-16H2,1-5H3,(H,26,29)/t18-/m0/s1. The van der Waals surface area contributed by atoms with E-state index in [0.29, 0.717) is 12.3 Å². The molecule has 2 aromatic carbocycles. The summed E-state index contributed by atoms with van der Waals surface area (Å²) in [6.07, 6.45) is 0. The number of aryl methyl sites for hydroxylation is 1. The molecule has 0 fully saturated rings. The predicted molar refractivity (Wildman–Crippen MR) is 129 cm³/mol. The van der Waals surface area contributed by atoms with E-state index in [1.807, 2.05) is 76.2 Å². The molecule has 2 rings (SSSR count). The van der Waals surface area contributed by atoms with E-state index in [-0.39, 0.29) is 17.4 Å². The maximum atomic E-state index is 13.1. The molecule has 0 unspecified atom stereocenters. The van der Waals surface area contributed by atoms with Gasteiger partial charge in [-0.2, -0.15) is 0 Å². The van der Waals surface area contributed by atoms with Gasteiger partial charge in [0, 0.05) is 22.3 Å². The van der Waals surface area contributed by atoms with Gasteiger partial charge in [-0.15, -0.1) is 11.8 Å². The molecule has 0 heterocycles. The molecule has 1 N–H and O–H groups in total. The van der Waals surface area contributed by atoms with Crippen LogP contribution in [0.25, 0.3) is 0 Å². The van der Waals surface area contributed by atoms with Crippen molar-refractivity contribution in [1.82, 2.24) is 10.2 Å². The van der Waals surface area contributed by atoms with Crippen LogP contribution in [0.15, 0.2) is 53.0 Å². The van der Waals surface area contributed by atoms with Crippen LogP contribution >= 0.6 is 27.7 Å². The largest absolute Gasteiger partial charge is 0.350 e. The van der Waals surface area contributed by atoms with Gasteiger partial charge in [0.05, 0.1) is 5.75 Å². The summed E-state index contributed by atoms with van der Waals surface area (Å²) in [7, 11) is 0. The number of carbonyl (C=O) groups excluding carboxylic acids is 2. The SMILES string of the molecule is Cc1ccccc1CN(C(=O)CSCc1ccc(Br)cc1)[C@@H](C)C(=O)NC(C)(C)C. The zero-order chi connectivity index (χ0) is 22.3. The minimum atomic E-state index is -0.551. The Bertz CT molecular complexity index is 862. The lowest BCUT2D eigenvalue weighted by atomic mass is 10.1. The molecule has 2 amide bonds. The average Bonchev–Trinajstić information content (AvgIpc) is 2.67. The predicted octanol–water partition coefficient (Wildman–Crippen LogP) is 5.32. The van der Waals surface area contributed by atoms with Crippen LogP contribution in [-0.4, -0.2) is 34.0 Å². The first-order chi connectivity index (χ1) is 14.1. The van der Waals surface area contributed by atoms with Crippen molar-refractivity contribution < 1.29 is 9.59 Å². The number of thioether (sulfide) groups is 1. The minimum Gasteiger partial charge on any atom is -0.350 e. The first kappa shape index (κ1) is 24.5. The Morgan fingerprint density at radius 1 is 1.10 bits per heavy atom. The summed E-state index contributed by atoms with van der Waals surface area (Å²) in [5, 5.41) is 3.00. The third kappa shape index (κ3) is 7.80. The number of amides is 2. The highest BCUT2D eigenvalue weighted by atomic mass is 79.9. The number of hydrogen-bond donors (Lipinski definition) is 1. The van der Waals surface area contributed by atoms with E-state index in [1.54, 1.807) is 23.6 Å². The van der Waals surface area contributed by atoms with Gasteiger partial charge in [0.25, 0.3) is 0 Å². The van der Waals surface area contributed by atoms with Gasteiger partial charge in [-0.1, -0.05) is 52.3 Å². The zero-order valence-corrected chi connectivity index (χ0v) is 20.8. The van der Waals surface area contributed by atoms with Crippen LogP contribution in [0.1, 0.15) is 44.4 Å². The number of nitrogens with one attached hydrogen (secondary N) is 1. The smallest absolute Gasteiger partial charge is 0.242 e. The molecule has 0 saturated heterocycles. The Labute approximate surface area is 192 Å². The average molecular weight is 491 g/mol. The molecule has 6 heteroatoms. The first-order valence-electron chi connectivity index (χ1n) is 10.0. The third-order valence-corrected chi connectivity index (χ3v) is 6.19. The van der Waals surface area contributed by atoms with E-state index in [1.165, 1.54) is 5.56 Å². The van der Waals surface area contributed by atoms with Crippen LogP contribution in [0.4, 0.5) is 0 Å². The van der Waals surface area contributed by atoms with E-state index in [2.05, 4.69) is 21.2 Å². The lowest BCUT2D eigenvalue weighted by molar-refractivity contribution is -0.139. The van der Waals surface area contributed by atoms with Crippen LogP contribution in [0.5, 0.6) is 0 Å². The van der Waals surface area contributed by atoms with E-state index >= 15 is 0 Å². The van der Waals surface area contributed by atoms with Gasteiger partial charge < -0.3 is 10.2 Å². The molecule has 0 aromatic heterocycles. The maximum absolute atomic E-state index is 13.1. The molecule has 1 atom stereocenters. The van der Waals surface area contributed by atoms with Gasteiger partial charge in [0.1, 0.15) is 6.04 Å². The van der Waals surface area contributed by atoms with Crippen molar-refractivity contribution in [2.24, 2.45) is 0 Å². The highest BCUT2D eigenvalue weighted by molar-refractivity contribution is 9.10. The zero-order valence-electron chi connectivity index (χ0n) is 18.4. The van der Waals surface area contributed by atoms with Crippen molar-refractivity contribution in [1.29, 1.82) is 0 Å². The van der Waals surface area contributed by atoms with Gasteiger partial charge in [0.15, 0.2) is 0 Å². The van der Waals surface area contributed by atoms with Crippen LogP contribution in [0.2, 0.25) is 0 Å². The van der Waals surface area contributed by atoms with E-state index in [4.69, 9.17) is 0 Å². The van der Waals surface area contributed by atoms with Crippen LogP contribution in [-0.2, 0) is 21.9 Å². The summed E-state index contributed by atoms with van der Waals surface area (Å²) in [4.78, 5) is 27.6. The van der Waals surface area contributed by atoms with Crippen LogP contribution in [0, 0.1) is 6.92 Å². The fraction of sp³-hybridized carbons (Fsp3) is 0.417. The third-order valence-electron chi connectivity index (χ3n) is 4.67. The van der Waals surface area contributed by atoms with Crippen molar-refractivity contribution in [3.63, 3.8) is 0 Å². The van der Waals surface area contributed by atoms with E-state index in [0.717, 1.165) is 21.4 Å². The van der Waals surface area contributed by atoms with Crippen molar-refractivity contribution in [2.45, 2.75) is 58.5 Å². The first-order valence-corrected chi connectivity index (χ1v) is 12.0. The highest BCUT2D eigenvalue weighted by Crippen LogP contribution is 2.19. The summed E-state index contributed by atoms with van der Waals surface area (Å²) in [6, 6.07) is 15.5. The Balaban J connectivity index is 2.10. The van der Waals surface area contributed by atoms with Gasteiger partial charge in [-0.3, -0.25) is 9.59 Å². The van der Waals surface area contributed by atoms with Crippen molar-refractivity contribution in [2.75, 3.05) is 5.75 Å². The molecule has 0 saturated carbocycles. The Hall–Kier alpha value is -1.79. The molecule has 0 spiro atoms. The number of halogens is 1. The monoisotopic (exact) mass is 490 g/mol. The van der Waals surface area contributed by atoms with E-state index < -0.39 is 6.04 Å². The van der Waals surface area contributed by atoms with Gasteiger partial charge in [-0.25, -0.2) is 0 Å². The number of benzene rings is 2. The number of hydrogen-bond acceptors (Lipinski definition) is 3. The Morgan fingerprint density at radius 3 is 2.33 bits per heavy atom. The lowest BCUT2D eigenvalue weighted by Gasteiger charge is -2.31. The molecule has 162 valence electrons. The fourth-order valence-corrected chi connectivity index (χ4v) is 4.08. The summed E-state index contributed by atoms with van der Waals surface area (Å²) in [5.74, 6) is 0.911. The van der Waals surface area contributed by atoms with Gasteiger partial charge >= 0.3 is 0 Å². The van der Waals surface area contributed by atoms with Gasteiger partial charge in [-0.05, 0) is 63.4 Å². The molecular formula is C24H31BrN2O2S. The number of rotatable bonds is 8. The molecule has 0 radical (unpaired) electrons. The van der Waals surface area contributed by atoms with E-state index in [9.17, 15) is 9.59 Å². The normalized spacial score (nSPS) is 12.3. The maximum Gasteiger partial charge on any atom is 0.242 e.